The van der Waals surface area contributed by atoms with Crippen LogP contribution in [0.1, 0.15) is 68.7 Å². The van der Waals surface area contributed by atoms with E-state index in [-0.39, 0.29) is 41.3 Å². The summed E-state index contributed by atoms with van der Waals surface area (Å²) in [5, 5.41) is 20.2. The van der Waals surface area contributed by atoms with Gasteiger partial charge in [0.2, 0.25) is 5.91 Å². The number of nitrogens with zero attached hydrogens (tertiary/aromatic N) is 4. The van der Waals surface area contributed by atoms with Crippen molar-refractivity contribution in [1.29, 1.82) is 0 Å². The monoisotopic (exact) mass is 533 g/mol. The predicted octanol–water partition coefficient (Wildman–Crippen LogP) is 4.40. The van der Waals surface area contributed by atoms with E-state index in [0.717, 1.165) is 17.3 Å². The first-order valence-corrected chi connectivity index (χ1v) is 12.0. The number of hydrogen-bond acceptors (Lipinski definition) is 6. The quantitative estimate of drug-likeness (QED) is 0.397. The molecule has 204 valence electrons. The molecule has 9 nitrogen and oxygen atoms in total. The van der Waals surface area contributed by atoms with Crippen LogP contribution in [-0.4, -0.2) is 49.7 Å². The van der Waals surface area contributed by atoms with Gasteiger partial charge in [-0.05, 0) is 35.1 Å². The Morgan fingerprint density at radius 1 is 1.08 bits per heavy atom. The predicted molar refractivity (Wildman–Crippen MR) is 132 cm³/mol. The number of nitrogens with one attached hydrogen (secondary N) is 1. The fraction of sp³-hybridized carbons (Fsp3) is 0.423. The minimum Gasteiger partial charge on any atom is -0.483 e. The molecular formula is C26H30F3N5O4. The minimum atomic E-state index is -4.50. The Labute approximate surface area is 218 Å². The SMILES string of the molecule is CCC(C(=O)O)n1cc([C@@H](NC(=O)Cc2ccc(C(C)(C)C)cc2)c2ccc(OCC(F)(F)F)cn2)nn1. The van der Waals surface area contributed by atoms with Crippen LogP contribution in [0.15, 0.2) is 48.8 Å². The molecule has 38 heavy (non-hydrogen) atoms. The smallest absolute Gasteiger partial charge is 0.422 e. The van der Waals surface area contributed by atoms with Crippen molar-refractivity contribution < 1.29 is 32.6 Å². The fourth-order valence-corrected chi connectivity index (χ4v) is 3.68. The average molecular weight is 534 g/mol. The summed E-state index contributed by atoms with van der Waals surface area (Å²) in [5.74, 6) is -1.55. The highest BCUT2D eigenvalue weighted by Crippen LogP contribution is 2.25. The van der Waals surface area contributed by atoms with Crippen LogP contribution in [0.3, 0.4) is 0 Å². The molecule has 0 aliphatic rings. The van der Waals surface area contributed by atoms with E-state index in [0.29, 0.717) is 0 Å². The number of aliphatic carboxylic acids is 1. The van der Waals surface area contributed by atoms with Crippen molar-refractivity contribution in [2.24, 2.45) is 0 Å². The number of carbonyl (C=O) groups is 2. The van der Waals surface area contributed by atoms with Crippen molar-refractivity contribution >= 4 is 11.9 Å². The number of aromatic nitrogens is 4. The van der Waals surface area contributed by atoms with E-state index in [1.54, 1.807) is 6.92 Å². The number of halogens is 3. The lowest BCUT2D eigenvalue weighted by Crippen LogP contribution is -2.31. The molecule has 2 atom stereocenters. The minimum absolute atomic E-state index is 0.0361. The van der Waals surface area contributed by atoms with Crippen LogP contribution >= 0.6 is 0 Å². The summed E-state index contributed by atoms with van der Waals surface area (Å²) >= 11 is 0. The van der Waals surface area contributed by atoms with E-state index < -0.39 is 30.8 Å². The molecule has 0 aliphatic heterocycles. The van der Waals surface area contributed by atoms with Crippen molar-refractivity contribution in [3.63, 3.8) is 0 Å². The maximum absolute atomic E-state index is 13.0. The van der Waals surface area contributed by atoms with Gasteiger partial charge in [0.1, 0.15) is 17.5 Å². The Balaban J connectivity index is 1.84. The molecule has 12 heteroatoms. The Kier molecular flexibility index (Phi) is 8.74. The zero-order valence-corrected chi connectivity index (χ0v) is 21.5. The van der Waals surface area contributed by atoms with Crippen LogP contribution in [0.4, 0.5) is 13.2 Å². The molecule has 0 radical (unpaired) electrons. The number of hydrogen-bond donors (Lipinski definition) is 2. The Morgan fingerprint density at radius 2 is 1.76 bits per heavy atom. The van der Waals surface area contributed by atoms with Crippen molar-refractivity contribution in [2.45, 2.75) is 64.2 Å². The number of alkyl halides is 3. The van der Waals surface area contributed by atoms with E-state index in [1.165, 1.54) is 23.0 Å². The number of amides is 1. The lowest BCUT2D eigenvalue weighted by atomic mass is 9.86. The summed E-state index contributed by atoms with van der Waals surface area (Å²) in [5.41, 5.74) is 2.34. The first-order valence-electron chi connectivity index (χ1n) is 12.0. The number of pyridine rings is 1. The normalized spacial score (nSPS) is 13.6. The Morgan fingerprint density at radius 3 is 2.29 bits per heavy atom. The van der Waals surface area contributed by atoms with Crippen molar-refractivity contribution in [3.05, 3.63) is 71.3 Å². The Hall–Kier alpha value is -3.96. The summed E-state index contributed by atoms with van der Waals surface area (Å²) < 4.78 is 43.3. The second-order valence-electron chi connectivity index (χ2n) is 9.83. The van der Waals surface area contributed by atoms with Gasteiger partial charge in [-0.2, -0.15) is 13.2 Å². The largest absolute Gasteiger partial charge is 0.483 e. The zero-order valence-electron chi connectivity index (χ0n) is 21.5. The molecule has 0 bridgehead atoms. The molecule has 2 aromatic heterocycles. The van der Waals surface area contributed by atoms with E-state index in [1.807, 2.05) is 24.3 Å². The number of ether oxygens (including phenoxy) is 1. The number of carboxylic acids is 1. The number of benzene rings is 1. The van der Waals surface area contributed by atoms with Crippen molar-refractivity contribution in [3.8, 4) is 5.75 Å². The van der Waals surface area contributed by atoms with Gasteiger partial charge in [0, 0.05) is 0 Å². The molecule has 2 N–H and O–H groups in total. The second kappa shape index (κ2) is 11.6. The highest BCUT2D eigenvalue weighted by molar-refractivity contribution is 5.79. The molecule has 0 spiro atoms. The lowest BCUT2D eigenvalue weighted by Gasteiger charge is -2.19. The van der Waals surface area contributed by atoms with E-state index in [4.69, 9.17) is 4.74 Å². The summed E-state index contributed by atoms with van der Waals surface area (Å²) in [6.07, 6.45) is -1.68. The number of carbonyl (C=O) groups excluding carboxylic acids is 1. The van der Waals surface area contributed by atoms with Crippen molar-refractivity contribution in [1.82, 2.24) is 25.3 Å². The molecule has 0 fully saturated rings. The average Bonchev–Trinajstić information content (AvgIpc) is 3.30. The lowest BCUT2D eigenvalue weighted by molar-refractivity contribution is -0.153. The Bertz CT molecular complexity index is 1240. The third kappa shape index (κ3) is 7.77. The van der Waals surface area contributed by atoms with Crippen LogP contribution in [0, 0.1) is 0 Å². The third-order valence-electron chi connectivity index (χ3n) is 5.76. The molecule has 1 aromatic carbocycles. The van der Waals surface area contributed by atoms with Gasteiger partial charge in [-0.1, -0.05) is 57.2 Å². The van der Waals surface area contributed by atoms with Gasteiger partial charge in [-0.3, -0.25) is 9.78 Å². The molecule has 1 unspecified atom stereocenters. The van der Waals surface area contributed by atoms with Gasteiger partial charge in [0.05, 0.1) is 24.5 Å². The molecule has 0 aliphatic carbocycles. The van der Waals surface area contributed by atoms with Gasteiger partial charge < -0.3 is 15.2 Å². The summed E-state index contributed by atoms with van der Waals surface area (Å²) in [4.78, 5) is 28.7. The molecule has 3 aromatic rings. The summed E-state index contributed by atoms with van der Waals surface area (Å²) in [7, 11) is 0. The number of rotatable bonds is 10. The first-order chi connectivity index (χ1) is 17.8. The molecular weight excluding hydrogens is 503 g/mol. The van der Waals surface area contributed by atoms with E-state index in [9.17, 15) is 27.9 Å². The zero-order chi connectivity index (χ0) is 28.1. The second-order valence-corrected chi connectivity index (χ2v) is 9.83. The van der Waals surface area contributed by atoms with Gasteiger partial charge in [-0.25, -0.2) is 9.48 Å². The molecule has 2 heterocycles. The van der Waals surface area contributed by atoms with Gasteiger partial charge in [0.15, 0.2) is 12.6 Å². The fourth-order valence-electron chi connectivity index (χ4n) is 3.68. The van der Waals surface area contributed by atoms with E-state index >= 15 is 0 Å². The van der Waals surface area contributed by atoms with Crippen LogP contribution in [0.2, 0.25) is 0 Å². The molecule has 3 rings (SSSR count). The maximum Gasteiger partial charge on any atom is 0.422 e. The number of carboxylic acid groups (broad SMARTS) is 1. The van der Waals surface area contributed by atoms with Gasteiger partial charge in [-0.15, -0.1) is 5.10 Å². The van der Waals surface area contributed by atoms with Crippen LogP contribution in [0.25, 0.3) is 0 Å². The topological polar surface area (TPSA) is 119 Å². The van der Waals surface area contributed by atoms with Crippen LogP contribution in [-0.2, 0) is 21.4 Å². The molecule has 0 saturated heterocycles. The maximum atomic E-state index is 13.0. The van der Waals surface area contributed by atoms with Crippen LogP contribution < -0.4 is 10.1 Å². The first kappa shape index (κ1) is 28.6. The van der Waals surface area contributed by atoms with Crippen LogP contribution in [0.5, 0.6) is 5.75 Å². The summed E-state index contributed by atoms with van der Waals surface area (Å²) in [6, 6.07) is 8.47. The highest BCUT2D eigenvalue weighted by Gasteiger charge is 2.29. The van der Waals surface area contributed by atoms with E-state index in [2.05, 4.69) is 41.4 Å². The summed E-state index contributed by atoms with van der Waals surface area (Å²) in [6.45, 7) is 6.49. The highest BCUT2D eigenvalue weighted by atomic mass is 19.4. The van der Waals surface area contributed by atoms with Crippen molar-refractivity contribution in [2.75, 3.05) is 6.61 Å². The standard InChI is InChI=1S/C26H30F3N5O4/c1-5-21(24(36)37)34-14-20(32-33-34)23(19-11-10-18(13-30-19)38-15-26(27,28)29)31-22(35)12-16-6-8-17(9-7-16)25(2,3)4/h6-11,13-14,21,23H,5,12,15H2,1-4H3,(H,31,35)(H,36,37)/t21?,23-/m0/s1. The third-order valence-corrected chi connectivity index (χ3v) is 5.76. The molecule has 1 amide bonds. The van der Waals surface area contributed by atoms with Gasteiger partial charge in [0.25, 0.3) is 0 Å². The van der Waals surface area contributed by atoms with Gasteiger partial charge >= 0.3 is 12.1 Å². The molecule has 0 saturated carbocycles.